The number of allylic oxidation sites excluding steroid dienone is 2. The molecule has 0 saturated heterocycles. The number of benzene rings is 2. The van der Waals surface area contributed by atoms with Crippen molar-refractivity contribution in [3.05, 3.63) is 76.9 Å². The van der Waals surface area contributed by atoms with Crippen molar-refractivity contribution in [2.75, 3.05) is 5.23 Å². The highest BCUT2D eigenvalue weighted by atomic mass is 32.3. The molecule has 0 saturated carbocycles. The first-order valence-corrected chi connectivity index (χ1v) is 10.2. The molecule has 156 valence electrons. The van der Waals surface area contributed by atoms with Crippen LogP contribution in [0.4, 0.5) is 5.69 Å². The highest BCUT2D eigenvalue weighted by molar-refractivity contribution is 8.01. The summed E-state index contributed by atoms with van der Waals surface area (Å²) in [7, 11) is -4.56. The van der Waals surface area contributed by atoms with Crippen LogP contribution < -0.4 is 5.23 Å². The number of ketones is 2. The Bertz CT molecular complexity index is 1300. The molecule has 0 fully saturated rings. The van der Waals surface area contributed by atoms with Crippen LogP contribution in [0.5, 0.6) is 0 Å². The van der Waals surface area contributed by atoms with Crippen LogP contribution in [0.1, 0.15) is 27.0 Å². The van der Waals surface area contributed by atoms with Crippen LogP contribution in [0.25, 0.3) is 11.0 Å². The largest absolute Gasteiger partial charge is 0.387 e. The molecule has 0 spiro atoms. The second-order valence-corrected chi connectivity index (χ2v) is 8.01. The zero-order chi connectivity index (χ0) is 22.3. The van der Waals surface area contributed by atoms with E-state index in [9.17, 15) is 33.3 Å². The number of fused-ring (bicyclic) bond motifs is 2. The maximum Gasteiger partial charge on any atom is 0.387 e. The van der Waals surface area contributed by atoms with Crippen LogP contribution in [0.3, 0.4) is 0 Å². The Kier molecular flexibility index (Phi) is 5.05. The molecule has 0 unspecified atom stereocenters. The quantitative estimate of drug-likeness (QED) is 0.418. The predicted molar refractivity (Wildman–Crippen MR) is 113 cm³/mol. The van der Waals surface area contributed by atoms with Gasteiger partial charge in [0.15, 0.2) is 0 Å². The van der Waals surface area contributed by atoms with Gasteiger partial charge in [0.25, 0.3) is 0 Å². The average Bonchev–Trinajstić information content (AvgIpc) is 2.73. The number of Topliss-reactive ketones (excluding diaryl/α,β-unsaturated/α-hetero) is 1. The predicted octanol–water partition coefficient (Wildman–Crippen LogP) is 2.70. The fourth-order valence-corrected chi connectivity index (χ4v) is 3.92. The molecule has 0 aromatic heterocycles. The van der Waals surface area contributed by atoms with Crippen LogP contribution >= 0.6 is 0 Å². The fraction of sp³-hybridized carbons (Fsp3) is 0. The first kappa shape index (κ1) is 20.7. The van der Waals surface area contributed by atoms with E-state index < -0.39 is 21.2 Å². The van der Waals surface area contributed by atoms with E-state index in [0.29, 0.717) is 11.6 Å². The number of anilines is 1. The van der Waals surface area contributed by atoms with Gasteiger partial charge in [-0.3, -0.25) is 20.0 Å². The molecule has 2 aromatic carbocycles. The Morgan fingerprint density at radius 2 is 1.61 bits per heavy atom. The number of carbonyl (C=O) groups is 2. The van der Waals surface area contributed by atoms with Crippen molar-refractivity contribution in [3.63, 3.8) is 0 Å². The third-order valence-corrected chi connectivity index (χ3v) is 5.56. The van der Waals surface area contributed by atoms with Crippen LogP contribution in [-0.4, -0.2) is 42.5 Å². The first-order chi connectivity index (χ1) is 14.7. The van der Waals surface area contributed by atoms with Crippen molar-refractivity contribution in [1.82, 2.24) is 0 Å². The third-order valence-electron chi connectivity index (χ3n) is 4.65. The molecule has 0 aliphatic heterocycles. The number of hydrogen-bond donors (Lipinski definition) is 4. The third kappa shape index (κ3) is 3.79. The normalized spacial score (nSPS) is 18.1. The Hall–Kier alpha value is -3.61. The average molecular weight is 440 g/mol. The molecule has 4 N–H and O–H groups in total. The van der Waals surface area contributed by atoms with Gasteiger partial charge < -0.3 is 0 Å². The van der Waals surface area contributed by atoms with Gasteiger partial charge in [0.05, 0.1) is 5.69 Å². The Morgan fingerprint density at radius 3 is 2.32 bits per heavy atom. The monoisotopic (exact) mass is 440 g/mol. The molecule has 0 heterocycles. The molecule has 4 rings (SSSR count). The first-order valence-electron chi connectivity index (χ1n) is 8.72. The van der Waals surface area contributed by atoms with E-state index in [-0.39, 0.29) is 39.2 Å². The molecule has 0 bridgehead atoms. The number of nitrogens with zero attached hydrogens (tertiary/aromatic N) is 3. The second-order valence-electron chi connectivity index (χ2n) is 6.57. The second kappa shape index (κ2) is 7.58. The van der Waals surface area contributed by atoms with Gasteiger partial charge in [-0.1, -0.05) is 30.3 Å². The summed E-state index contributed by atoms with van der Waals surface area (Å²) in [5.41, 5.74) is 0.557. The summed E-state index contributed by atoms with van der Waals surface area (Å²) in [4.78, 5) is 24.5. The summed E-state index contributed by atoms with van der Waals surface area (Å²) < 4.78 is 31.0. The molecule has 10 nitrogen and oxygen atoms in total. The molecular formula is C20H14N3O7S+. The Labute approximate surface area is 176 Å². The van der Waals surface area contributed by atoms with E-state index in [1.165, 1.54) is 18.2 Å². The lowest BCUT2D eigenvalue weighted by molar-refractivity contribution is -0.108. The highest BCUT2D eigenvalue weighted by Gasteiger charge is 2.39. The molecule has 31 heavy (non-hydrogen) atoms. The highest BCUT2D eigenvalue weighted by Crippen LogP contribution is 2.34. The van der Waals surface area contributed by atoms with E-state index in [1.807, 2.05) is 0 Å². The Balaban J connectivity index is 1.82. The van der Waals surface area contributed by atoms with Gasteiger partial charge in [0, 0.05) is 22.8 Å². The molecule has 2 aliphatic rings. The minimum atomic E-state index is -4.56. The minimum absolute atomic E-state index is 0.0147. The van der Waals surface area contributed by atoms with Gasteiger partial charge in [-0.2, -0.15) is 9.11 Å². The fourth-order valence-electron chi connectivity index (χ4n) is 3.20. The maximum absolute atomic E-state index is 12.6. The number of rotatable bonds is 3. The molecule has 0 amide bonds. The van der Waals surface area contributed by atoms with Gasteiger partial charge in [-0.25, -0.2) is 0 Å². The molecule has 0 radical (unpaired) electrons. The van der Waals surface area contributed by atoms with Crippen molar-refractivity contribution >= 4 is 50.2 Å². The Morgan fingerprint density at radius 1 is 0.871 bits per heavy atom. The van der Waals surface area contributed by atoms with E-state index >= 15 is 0 Å². The molecule has 2 aliphatic carbocycles. The summed E-state index contributed by atoms with van der Waals surface area (Å²) in [6.07, 6.45) is 3.85. The summed E-state index contributed by atoms with van der Waals surface area (Å²) in [6, 6.07) is 10.4. The lowest BCUT2D eigenvalue weighted by Crippen LogP contribution is -2.25. The van der Waals surface area contributed by atoms with Gasteiger partial charge in [0.1, 0.15) is 11.4 Å². The number of hydrogen-bond acceptors (Lipinski definition) is 8. The van der Waals surface area contributed by atoms with Gasteiger partial charge >= 0.3 is 10.5 Å². The van der Waals surface area contributed by atoms with Crippen molar-refractivity contribution in [1.29, 1.82) is 0 Å². The summed E-state index contributed by atoms with van der Waals surface area (Å²) in [5.74, 6) is -1.21. The van der Waals surface area contributed by atoms with E-state index in [1.54, 1.807) is 30.3 Å². The van der Waals surface area contributed by atoms with Crippen LogP contribution in [0, 0.1) is 0 Å². The SMILES string of the molecule is O=C1C=C([S+](=O)(O)O)c2cc(N(O)O)ccc2C1=NN=C1C=Cc2ccccc2C1=O. The van der Waals surface area contributed by atoms with Crippen molar-refractivity contribution in [2.24, 2.45) is 10.2 Å². The van der Waals surface area contributed by atoms with Crippen molar-refractivity contribution < 1.29 is 33.3 Å². The van der Waals surface area contributed by atoms with Gasteiger partial charge in [0.2, 0.25) is 16.5 Å². The van der Waals surface area contributed by atoms with E-state index in [4.69, 9.17) is 0 Å². The smallest absolute Gasteiger partial charge is 0.287 e. The summed E-state index contributed by atoms with van der Waals surface area (Å²) in [6.45, 7) is 0. The number of carbonyl (C=O) groups excluding carboxylic acids is 2. The van der Waals surface area contributed by atoms with E-state index in [2.05, 4.69) is 10.2 Å². The summed E-state index contributed by atoms with van der Waals surface area (Å²) in [5, 5.41) is 26.0. The van der Waals surface area contributed by atoms with Gasteiger partial charge in [-0.15, -0.1) is 15.4 Å². The standard InChI is InChI=1S/C20H13N3O7S/c24-17-10-18(31(28,29)30)15-9-12(23(26)27)6-7-14(15)19(17)22-21-16-8-5-11-3-1-2-4-13(11)20(16)25/h1-10,26-27H,(H-,28,29,30)/p+1. The lowest BCUT2D eigenvalue weighted by atomic mass is 9.94. The molecular weight excluding hydrogens is 426 g/mol. The lowest BCUT2D eigenvalue weighted by Gasteiger charge is -2.17. The zero-order valence-electron chi connectivity index (χ0n) is 15.5. The molecule has 2 aromatic rings. The zero-order valence-corrected chi connectivity index (χ0v) is 16.4. The van der Waals surface area contributed by atoms with Crippen molar-refractivity contribution in [3.8, 4) is 0 Å². The van der Waals surface area contributed by atoms with Crippen LogP contribution in [-0.2, 0) is 19.5 Å². The molecule has 11 heteroatoms. The van der Waals surface area contributed by atoms with Crippen LogP contribution in [0.15, 0.2) is 64.8 Å². The van der Waals surface area contributed by atoms with E-state index in [0.717, 1.165) is 11.6 Å². The topological polar surface area (TPSA) is 160 Å². The van der Waals surface area contributed by atoms with Crippen LogP contribution in [0.2, 0.25) is 0 Å². The van der Waals surface area contributed by atoms with Gasteiger partial charge in [-0.05, 0) is 34.0 Å². The maximum atomic E-state index is 12.6. The summed E-state index contributed by atoms with van der Waals surface area (Å²) >= 11 is 0. The molecule has 0 atom stereocenters. The van der Waals surface area contributed by atoms with Crippen molar-refractivity contribution in [2.45, 2.75) is 0 Å². The minimum Gasteiger partial charge on any atom is -0.287 e.